The minimum absolute atomic E-state index is 0.0163. The van der Waals surface area contributed by atoms with Gasteiger partial charge in [-0.2, -0.15) is 0 Å². The fraction of sp³-hybridized carbons (Fsp3) is 0.650. The monoisotopic (exact) mass is 356 g/mol. The third kappa shape index (κ3) is 3.41. The lowest BCUT2D eigenvalue weighted by molar-refractivity contribution is -0.132. The fourth-order valence-electron chi connectivity index (χ4n) is 4.63. The van der Waals surface area contributed by atoms with E-state index in [0.29, 0.717) is 12.6 Å². The molecule has 6 nitrogen and oxygen atoms in total. The molecular formula is C20H28N4O2. The molecule has 1 N–H and O–H groups in total. The number of carbonyl (C=O) groups excluding carboxylic acids is 2. The van der Waals surface area contributed by atoms with E-state index < -0.39 is 0 Å². The SMILES string of the molecule is CN(Cc1ccccn1)C(=O)C1CC12CCN(C(=O)NC1CCCC1)C2. The highest BCUT2D eigenvalue weighted by molar-refractivity contribution is 5.83. The van der Waals surface area contributed by atoms with Crippen molar-refractivity contribution in [3.05, 3.63) is 30.1 Å². The molecule has 0 aromatic carbocycles. The van der Waals surface area contributed by atoms with Gasteiger partial charge >= 0.3 is 6.03 Å². The first-order chi connectivity index (χ1) is 12.6. The van der Waals surface area contributed by atoms with E-state index in [9.17, 15) is 9.59 Å². The summed E-state index contributed by atoms with van der Waals surface area (Å²) in [6.45, 7) is 2.03. The molecule has 2 saturated carbocycles. The van der Waals surface area contributed by atoms with Crippen LogP contribution in [0.1, 0.15) is 44.2 Å². The number of nitrogens with zero attached hydrogens (tertiary/aromatic N) is 3. The van der Waals surface area contributed by atoms with Gasteiger partial charge in [0.1, 0.15) is 0 Å². The van der Waals surface area contributed by atoms with Crippen molar-refractivity contribution in [3.8, 4) is 0 Å². The van der Waals surface area contributed by atoms with Gasteiger partial charge in [-0.25, -0.2) is 4.79 Å². The Morgan fingerprint density at radius 1 is 1.35 bits per heavy atom. The number of urea groups is 1. The summed E-state index contributed by atoms with van der Waals surface area (Å²) in [6, 6.07) is 6.17. The number of nitrogens with one attached hydrogen (secondary N) is 1. The molecule has 3 amide bonds. The van der Waals surface area contributed by atoms with Crippen molar-refractivity contribution >= 4 is 11.9 Å². The van der Waals surface area contributed by atoms with Crippen LogP contribution in [0.4, 0.5) is 4.79 Å². The molecule has 3 aliphatic rings. The average molecular weight is 356 g/mol. The van der Waals surface area contributed by atoms with Gasteiger partial charge in [0.2, 0.25) is 5.91 Å². The van der Waals surface area contributed by atoms with Crippen LogP contribution in [0.5, 0.6) is 0 Å². The van der Waals surface area contributed by atoms with Crippen molar-refractivity contribution in [2.24, 2.45) is 11.3 Å². The molecule has 1 aromatic heterocycles. The van der Waals surface area contributed by atoms with Gasteiger partial charge < -0.3 is 15.1 Å². The van der Waals surface area contributed by atoms with E-state index in [1.165, 1.54) is 12.8 Å². The van der Waals surface area contributed by atoms with Gasteiger partial charge in [-0.1, -0.05) is 18.9 Å². The summed E-state index contributed by atoms with van der Waals surface area (Å²) < 4.78 is 0. The Kier molecular flexibility index (Phi) is 4.59. The van der Waals surface area contributed by atoms with Crippen LogP contribution in [0.3, 0.4) is 0 Å². The van der Waals surface area contributed by atoms with Gasteiger partial charge in [0.05, 0.1) is 12.2 Å². The predicted octanol–water partition coefficient (Wildman–Crippen LogP) is 2.40. The topological polar surface area (TPSA) is 65.5 Å². The maximum Gasteiger partial charge on any atom is 0.317 e. The zero-order valence-corrected chi connectivity index (χ0v) is 15.5. The molecule has 140 valence electrons. The maximum atomic E-state index is 12.8. The Labute approximate surface area is 155 Å². The molecule has 0 bridgehead atoms. The predicted molar refractivity (Wildman–Crippen MR) is 98.2 cm³/mol. The number of aromatic nitrogens is 1. The van der Waals surface area contributed by atoms with Gasteiger partial charge in [-0.05, 0) is 37.8 Å². The second kappa shape index (κ2) is 6.89. The molecule has 4 rings (SSSR count). The number of likely N-dealkylation sites (tertiary alicyclic amines) is 1. The summed E-state index contributed by atoms with van der Waals surface area (Å²) >= 11 is 0. The minimum atomic E-state index is 0.0163. The van der Waals surface area contributed by atoms with Gasteiger partial charge in [0.15, 0.2) is 0 Å². The third-order valence-corrected chi connectivity index (χ3v) is 6.34. The molecular weight excluding hydrogens is 328 g/mol. The number of amides is 3. The first-order valence-corrected chi connectivity index (χ1v) is 9.78. The molecule has 6 heteroatoms. The highest BCUT2D eigenvalue weighted by Gasteiger charge is 2.62. The highest BCUT2D eigenvalue weighted by Crippen LogP contribution is 2.59. The summed E-state index contributed by atoms with van der Waals surface area (Å²) in [5.74, 6) is 0.245. The van der Waals surface area contributed by atoms with Crippen LogP contribution >= 0.6 is 0 Å². The molecule has 26 heavy (non-hydrogen) atoms. The van der Waals surface area contributed by atoms with Crippen LogP contribution in [0, 0.1) is 11.3 Å². The van der Waals surface area contributed by atoms with E-state index in [-0.39, 0.29) is 23.3 Å². The molecule has 2 atom stereocenters. The Morgan fingerprint density at radius 2 is 2.15 bits per heavy atom. The standard InChI is InChI=1S/C20H28N4O2/c1-23(13-16-8-4-5-10-21-16)18(25)17-12-20(17)9-11-24(14-20)19(26)22-15-6-2-3-7-15/h4-5,8,10,15,17H,2-3,6-7,9,11-14H2,1H3,(H,22,26). The number of hydrogen-bond acceptors (Lipinski definition) is 3. The second-order valence-corrected chi connectivity index (χ2v) is 8.24. The molecule has 3 fully saturated rings. The van der Waals surface area contributed by atoms with Crippen LogP contribution in [-0.4, -0.2) is 52.9 Å². The van der Waals surface area contributed by atoms with Gasteiger partial charge in [0.25, 0.3) is 0 Å². The Hall–Kier alpha value is -2.11. The summed E-state index contributed by atoms with van der Waals surface area (Å²) in [5.41, 5.74) is 0.921. The first-order valence-electron chi connectivity index (χ1n) is 9.78. The second-order valence-electron chi connectivity index (χ2n) is 8.24. The van der Waals surface area contributed by atoms with Crippen LogP contribution in [0.25, 0.3) is 0 Å². The molecule has 2 aliphatic carbocycles. The number of carbonyl (C=O) groups is 2. The van der Waals surface area contributed by atoms with Crippen molar-refractivity contribution < 1.29 is 9.59 Å². The summed E-state index contributed by atoms with van der Waals surface area (Å²) in [6.07, 6.45) is 8.24. The zero-order valence-electron chi connectivity index (χ0n) is 15.5. The summed E-state index contributed by atoms with van der Waals surface area (Å²) in [5, 5.41) is 3.17. The van der Waals surface area contributed by atoms with Crippen LogP contribution < -0.4 is 5.32 Å². The quantitative estimate of drug-likeness (QED) is 0.901. The van der Waals surface area contributed by atoms with E-state index >= 15 is 0 Å². The number of hydrogen-bond donors (Lipinski definition) is 1. The molecule has 2 unspecified atom stereocenters. The average Bonchev–Trinajstić information content (AvgIpc) is 2.98. The van der Waals surface area contributed by atoms with E-state index in [4.69, 9.17) is 0 Å². The Balaban J connectivity index is 1.29. The van der Waals surface area contributed by atoms with Gasteiger partial charge in [0, 0.05) is 43.7 Å². The van der Waals surface area contributed by atoms with E-state index in [0.717, 1.165) is 44.5 Å². The molecule has 1 saturated heterocycles. The maximum absolute atomic E-state index is 12.8. The molecule has 1 aromatic rings. The molecule has 0 radical (unpaired) electrons. The lowest BCUT2D eigenvalue weighted by Gasteiger charge is -2.21. The number of rotatable bonds is 4. The van der Waals surface area contributed by atoms with Crippen molar-refractivity contribution in [2.75, 3.05) is 20.1 Å². The number of pyridine rings is 1. The summed E-state index contributed by atoms with van der Waals surface area (Å²) in [4.78, 5) is 33.3. The van der Waals surface area contributed by atoms with Gasteiger partial charge in [-0.15, -0.1) is 0 Å². The van der Waals surface area contributed by atoms with Crippen molar-refractivity contribution in [3.63, 3.8) is 0 Å². The van der Waals surface area contributed by atoms with E-state index in [1.807, 2.05) is 30.1 Å². The van der Waals surface area contributed by atoms with Crippen molar-refractivity contribution in [1.82, 2.24) is 20.1 Å². The summed E-state index contributed by atoms with van der Waals surface area (Å²) in [7, 11) is 1.85. The molecule has 1 aliphatic heterocycles. The van der Waals surface area contributed by atoms with E-state index in [1.54, 1.807) is 11.1 Å². The van der Waals surface area contributed by atoms with Crippen LogP contribution in [-0.2, 0) is 11.3 Å². The zero-order chi connectivity index (χ0) is 18.1. The minimum Gasteiger partial charge on any atom is -0.340 e. The Morgan fingerprint density at radius 3 is 2.88 bits per heavy atom. The Bertz CT molecular complexity index is 674. The van der Waals surface area contributed by atoms with Crippen molar-refractivity contribution in [2.45, 2.75) is 51.1 Å². The highest BCUT2D eigenvalue weighted by atomic mass is 16.2. The lowest BCUT2D eigenvalue weighted by Crippen LogP contribution is -2.43. The van der Waals surface area contributed by atoms with Crippen LogP contribution in [0.15, 0.2) is 24.4 Å². The van der Waals surface area contributed by atoms with E-state index in [2.05, 4.69) is 10.3 Å². The largest absolute Gasteiger partial charge is 0.340 e. The van der Waals surface area contributed by atoms with Crippen LogP contribution in [0.2, 0.25) is 0 Å². The van der Waals surface area contributed by atoms with Crippen molar-refractivity contribution in [1.29, 1.82) is 0 Å². The first kappa shape index (κ1) is 17.3. The molecule has 1 spiro atoms. The van der Waals surface area contributed by atoms with Gasteiger partial charge in [-0.3, -0.25) is 9.78 Å². The smallest absolute Gasteiger partial charge is 0.317 e. The lowest BCUT2D eigenvalue weighted by atomic mass is 10.0. The molecule has 2 heterocycles. The normalized spacial score (nSPS) is 27.7. The fourth-order valence-corrected chi connectivity index (χ4v) is 4.63. The third-order valence-electron chi connectivity index (χ3n) is 6.34.